The van der Waals surface area contributed by atoms with Gasteiger partial charge in [-0.05, 0) is 43.7 Å². The fourth-order valence-corrected chi connectivity index (χ4v) is 5.68. The maximum Gasteiger partial charge on any atom is 0.405 e. The highest BCUT2D eigenvalue weighted by Crippen LogP contribution is 2.36. The van der Waals surface area contributed by atoms with Gasteiger partial charge in [0.1, 0.15) is 24.1 Å². The summed E-state index contributed by atoms with van der Waals surface area (Å²) in [4.78, 5) is 47.8. The van der Waals surface area contributed by atoms with Gasteiger partial charge in [0.05, 0.1) is 34.9 Å². The van der Waals surface area contributed by atoms with E-state index < -0.39 is 30.7 Å². The van der Waals surface area contributed by atoms with Crippen LogP contribution in [0, 0.1) is 0 Å². The third kappa shape index (κ3) is 6.00. The third-order valence-corrected chi connectivity index (χ3v) is 8.49. The van der Waals surface area contributed by atoms with Gasteiger partial charge in [-0.25, -0.2) is 9.67 Å². The lowest BCUT2D eigenvalue weighted by atomic mass is 9.96. The second-order valence-corrected chi connectivity index (χ2v) is 11.4. The van der Waals surface area contributed by atoms with Crippen LogP contribution in [0.5, 0.6) is 0 Å². The summed E-state index contributed by atoms with van der Waals surface area (Å²) in [5.74, 6) is -1.00. The Morgan fingerprint density at radius 1 is 1.16 bits per heavy atom. The molecule has 10 nitrogen and oxygen atoms in total. The molecule has 2 aliphatic rings. The van der Waals surface area contributed by atoms with E-state index >= 15 is 0 Å². The van der Waals surface area contributed by atoms with Gasteiger partial charge in [-0.2, -0.15) is 18.3 Å². The summed E-state index contributed by atoms with van der Waals surface area (Å²) >= 11 is 12.2. The minimum atomic E-state index is -4.40. The molecule has 1 aromatic carbocycles. The molecule has 0 saturated carbocycles. The molecule has 2 aliphatic heterocycles. The van der Waals surface area contributed by atoms with E-state index in [2.05, 4.69) is 20.7 Å². The molecule has 3 aromatic rings. The predicted molar refractivity (Wildman–Crippen MR) is 153 cm³/mol. The largest absolute Gasteiger partial charge is 0.405 e. The molecule has 0 bridgehead atoms. The summed E-state index contributed by atoms with van der Waals surface area (Å²) in [6.07, 6.45) is -2.64. The maximum absolute atomic E-state index is 14.1. The molecule has 0 spiro atoms. The summed E-state index contributed by atoms with van der Waals surface area (Å²) in [5.41, 5.74) is 2.29. The average Bonchev–Trinajstić information content (AvgIpc) is 3.34. The van der Waals surface area contributed by atoms with Crippen molar-refractivity contribution in [3.63, 3.8) is 0 Å². The van der Waals surface area contributed by atoms with Gasteiger partial charge in [0, 0.05) is 36.8 Å². The number of alkyl halides is 3. The summed E-state index contributed by atoms with van der Waals surface area (Å²) in [6, 6.07) is 5.92. The quantitative estimate of drug-likeness (QED) is 0.407. The molecule has 0 saturated heterocycles. The molecule has 0 fully saturated rings. The van der Waals surface area contributed by atoms with Crippen LogP contribution in [0.3, 0.4) is 0 Å². The Morgan fingerprint density at radius 2 is 1.91 bits per heavy atom. The number of nitrogens with one attached hydrogen (secondary N) is 2. The van der Waals surface area contributed by atoms with Crippen molar-refractivity contribution < 1.29 is 27.6 Å². The molecule has 2 aromatic heterocycles. The highest BCUT2D eigenvalue weighted by atomic mass is 35.5. The highest BCUT2D eigenvalue weighted by molar-refractivity contribution is 6.42. The Hall–Kier alpha value is -3.84. The fourth-order valence-electron chi connectivity index (χ4n) is 5.39. The number of pyridine rings is 1. The molecule has 15 heteroatoms. The lowest BCUT2D eigenvalue weighted by Crippen LogP contribution is -2.49. The number of rotatable bonds is 6. The monoisotopic (exact) mass is 637 g/mol. The zero-order chi connectivity index (χ0) is 31.2. The number of fused-ring (bicyclic) bond motifs is 3. The second kappa shape index (κ2) is 11.7. The molecule has 3 atom stereocenters. The number of halogens is 5. The molecule has 43 heavy (non-hydrogen) atoms. The molecular formula is C28H28Cl2F3N7O3. The first-order chi connectivity index (χ1) is 20.3. The van der Waals surface area contributed by atoms with Crippen molar-refractivity contribution >= 4 is 46.7 Å². The molecular weight excluding hydrogens is 610 g/mol. The number of nitrogens with zero attached hydrogens (tertiary/aromatic N) is 5. The van der Waals surface area contributed by atoms with E-state index in [1.807, 2.05) is 6.92 Å². The lowest BCUT2D eigenvalue weighted by molar-refractivity contribution is -0.125. The van der Waals surface area contributed by atoms with Crippen LogP contribution in [-0.2, 0) is 17.8 Å². The molecule has 1 unspecified atom stereocenters. The van der Waals surface area contributed by atoms with Gasteiger partial charge in [-0.1, -0.05) is 29.3 Å². The number of hydrogen-bond donors (Lipinski definition) is 2. The summed E-state index contributed by atoms with van der Waals surface area (Å²) in [5, 5.41) is 10.1. The fraction of sp³-hybridized carbons (Fsp3) is 0.393. The normalized spacial score (nSPS) is 19.0. The maximum atomic E-state index is 14.1. The number of hydrogen-bond acceptors (Lipinski definition) is 6. The van der Waals surface area contributed by atoms with Crippen LogP contribution < -0.4 is 10.6 Å². The van der Waals surface area contributed by atoms with Crippen LogP contribution >= 0.6 is 23.2 Å². The van der Waals surface area contributed by atoms with Crippen LogP contribution in [0.1, 0.15) is 63.6 Å². The van der Waals surface area contributed by atoms with E-state index in [1.54, 1.807) is 30.0 Å². The predicted octanol–water partition coefficient (Wildman–Crippen LogP) is 4.65. The van der Waals surface area contributed by atoms with E-state index in [1.165, 1.54) is 35.0 Å². The first kappa shape index (κ1) is 30.6. The van der Waals surface area contributed by atoms with E-state index in [4.69, 9.17) is 23.2 Å². The van der Waals surface area contributed by atoms with Gasteiger partial charge in [0.15, 0.2) is 0 Å². The number of anilines is 1. The number of carbonyl (C=O) groups excluding carboxylic acids is 3. The smallest absolute Gasteiger partial charge is 0.361 e. The number of likely N-dealkylation sites (N-methyl/N-ethyl adjacent to an activating group) is 1. The number of benzene rings is 1. The van der Waals surface area contributed by atoms with Crippen LogP contribution in [0.15, 0.2) is 36.5 Å². The van der Waals surface area contributed by atoms with Gasteiger partial charge in [-0.3, -0.25) is 14.4 Å². The van der Waals surface area contributed by atoms with Crippen LogP contribution in [-0.4, -0.2) is 74.6 Å². The number of aromatic nitrogens is 3. The van der Waals surface area contributed by atoms with Gasteiger partial charge in [0.25, 0.3) is 11.8 Å². The average molecular weight is 638 g/mol. The Labute approximate surface area is 255 Å². The van der Waals surface area contributed by atoms with E-state index in [-0.39, 0.29) is 47.5 Å². The third-order valence-electron chi connectivity index (χ3n) is 7.75. The summed E-state index contributed by atoms with van der Waals surface area (Å²) in [7, 11) is 1.49. The number of amides is 3. The standard InChI is InChI=1S/C28H28Cl2F3N7O3/c1-14-8-21-18(11-38(14)26(42)16-4-6-19(29)20(30)9-16)24-27(43)39(12-22(25(41)34-3)40(24)37-21)15(2)17-5-7-23(35-10-17)36-13-28(31,32)33/h4-7,9-10,14-15,22H,8,11-13H2,1-3H3,(H,34,41)(H,35,36)/t14-,15?,22+/m1/s1. The van der Waals surface area contributed by atoms with Gasteiger partial charge in [0.2, 0.25) is 5.91 Å². The van der Waals surface area contributed by atoms with Crippen molar-refractivity contribution in [2.24, 2.45) is 0 Å². The Kier molecular flexibility index (Phi) is 8.32. The van der Waals surface area contributed by atoms with Crippen LogP contribution in [0.4, 0.5) is 19.0 Å². The molecule has 3 amide bonds. The molecule has 0 aliphatic carbocycles. The van der Waals surface area contributed by atoms with Crippen molar-refractivity contribution in [3.05, 3.63) is 74.7 Å². The van der Waals surface area contributed by atoms with Crippen molar-refractivity contribution in [2.75, 3.05) is 25.5 Å². The van der Waals surface area contributed by atoms with E-state index in [9.17, 15) is 27.6 Å². The number of carbonyl (C=O) groups is 3. The summed E-state index contributed by atoms with van der Waals surface area (Å²) in [6.45, 7) is 2.48. The van der Waals surface area contributed by atoms with Crippen molar-refractivity contribution in [1.82, 2.24) is 29.9 Å². The van der Waals surface area contributed by atoms with E-state index in [0.29, 0.717) is 33.8 Å². The van der Waals surface area contributed by atoms with Crippen molar-refractivity contribution in [1.29, 1.82) is 0 Å². The molecule has 2 N–H and O–H groups in total. The molecule has 5 rings (SSSR count). The van der Waals surface area contributed by atoms with Crippen LogP contribution in [0.2, 0.25) is 10.0 Å². The SMILES string of the molecule is CNC(=O)[C@@H]1CN(C(C)c2ccc(NCC(F)(F)F)nc2)C(=O)c2c3c(nn21)C[C@@H](C)N(C(=O)c1ccc(Cl)c(Cl)c1)C3. The minimum absolute atomic E-state index is 0.00276. The topological polar surface area (TPSA) is 112 Å². The van der Waals surface area contributed by atoms with Crippen LogP contribution in [0.25, 0.3) is 0 Å². The van der Waals surface area contributed by atoms with Crippen molar-refractivity contribution in [2.45, 2.75) is 51.1 Å². The first-order valence-corrected chi connectivity index (χ1v) is 14.2. The van der Waals surface area contributed by atoms with Gasteiger partial charge >= 0.3 is 6.18 Å². The summed E-state index contributed by atoms with van der Waals surface area (Å²) < 4.78 is 39.2. The van der Waals surface area contributed by atoms with E-state index in [0.717, 1.165) is 0 Å². The molecule has 4 heterocycles. The second-order valence-electron chi connectivity index (χ2n) is 10.5. The van der Waals surface area contributed by atoms with Crippen molar-refractivity contribution in [3.8, 4) is 0 Å². The van der Waals surface area contributed by atoms with Gasteiger partial charge in [-0.15, -0.1) is 0 Å². The zero-order valence-corrected chi connectivity index (χ0v) is 24.9. The highest BCUT2D eigenvalue weighted by Gasteiger charge is 2.43. The van der Waals surface area contributed by atoms with Gasteiger partial charge < -0.3 is 20.4 Å². The minimum Gasteiger partial charge on any atom is -0.361 e. The lowest BCUT2D eigenvalue weighted by Gasteiger charge is -2.38. The molecule has 228 valence electrons. The molecule has 0 radical (unpaired) electrons. The Bertz CT molecular complexity index is 1580. The Balaban J connectivity index is 1.46. The first-order valence-electron chi connectivity index (χ1n) is 13.4. The zero-order valence-electron chi connectivity index (χ0n) is 23.4. The Morgan fingerprint density at radius 3 is 2.53 bits per heavy atom.